The third-order valence-corrected chi connectivity index (χ3v) is 3.41. The van der Waals surface area contributed by atoms with Crippen LogP contribution in [0, 0.1) is 0 Å². The molecular formula is C15H22ClN3O3. The second-order valence-electron chi connectivity index (χ2n) is 5.09. The summed E-state index contributed by atoms with van der Waals surface area (Å²) >= 11 is 0. The largest absolute Gasteiger partial charge is 0.494 e. The molecule has 1 aliphatic heterocycles. The highest BCUT2D eigenvalue weighted by Gasteiger charge is 2.20. The molecule has 0 bridgehead atoms. The van der Waals surface area contributed by atoms with E-state index in [9.17, 15) is 9.59 Å². The Morgan fingerprint density at radius 1 is 1.27 bits per heavy atom. The maximum Gasteiger partial charge on any atom is 0.241 e. The maximum absolute atomic E-state index is 12.1. The molecule has 1 aliphatic rings. The zero-order valence-electron chi connectivity index (χ0n) is 12.8. The van der Waals surface area contributed by atoms with Gasteiger partial charge >= 0.3 is 0 Å². The molecule has 7 heteroatoms. The van der Waals surface area contributed by atoms with Crippen LogP contribution in [0.25, 0.3) is 0 Å². The van der Waals surface area contributed by atoms with Crippen LogP contribution in [-0.2, 0) is 9.59 Å². The highest BCUT2D eigenvalue weighted by molar-refractivity contribution is 5.96. The van der Waals surface area contributed by atoms with Gasteiger partial charge in [-0.3, -0.25) is 9.59 Å². The maximum atomic E-state index is 12.1. The molecule has 1 heterocycles. The fourth-order valence-electron chi connectivity index (χ4n) is 2.37. The predicted octanol–water partition coefficient (Wildman–Crippen LogP) is 2.16. The second kappa shape index (κ2) is 8.60. The molecule has 2 rings (SSSR count). The van der Waals surface area contributed by atoms with E-state index in [1.807, 2.05) is 0 Å². The number of carbonyl (C=O) groups excluding carboxylic acids is 2. The van der Waals surface area contributed by atoms with Crippen molar-refractivity contribution in [3.63, 3.8) is 0 Å². The molecule has 22 heavy (non-hydrogen) atoms. The van der Waals surface area contributed by atoms with Crippen molar-refractivity contribution in [2.45, 2.75) is 32.2 Å². The summed E-state index contributed by atoms with van der Waals surface area (Å²) in [6, 6.07) is 5.02. The van der Waals surface area contributed by atoms with E-state index in [0.29, 0.717) is 17.1 Å². The van der Waals surface area contributed by atoms with Crippen molar-refractivity contribution < 1.29 is 14.3 Å². The van der Waals surface area contributed by atoms with Gasteiger partial charge in [0, 0.05) is 18.7 Å². The summed E-state index contributed by atoms with van der Waals surface area (Å²) in [5, 5.41) is 8.76. The zero-order valence-corrected chi connectivity index (χ0v) is 13.6. The van der Waals surface area contributed by atoms with Crippen LogP contribution in [0.1, 0.15) is 26.2 Å². The van der Waals surface area contributed by atoms with Gasteiger partial charge in [-0.05, 0) is 31.5 Å². The fourth-order valence-corrected chi connectivity index (χ4v) is 2.37. The van der Waals surface area contributed by atoms with Crippen LogP contribution >= 0.6 is 12.4 Å². The Morgan fingerprint density at radius 2 is 2.05 bits per heavy atom. The van der Waals surface area contributed by atoms with Crippen molar-refractivity contribution in [1.82, 2.24) is 5.32 Å². The molecular weight excluding hydrogens is 306 g/mol. The number of benzene rings is 1. The topological polar surface area (TPSA) is 79.5 Å². The number of rotatable bonds is 4. The van der Waals surface area contributed by atoms with Crippen LogP contribution in [-0.4, -0.2) is 31.5 Å². The van der Waals surface area contributed by atoms with E-state index >= 15 is 0 Å². The minimum atomic E-state index is -0.170. The number of nitrogens with one attached hydrogen (secondary N) is 3. The summed E-state index contributed by atoms with van der Waals surface area (Å²) in [4.78, 5) is 23.3. The highest BCUT2D eigenvalue weighted by Crippen LogP contribution is 2.28. The van der Waals surface area contributed by atoms with Crippen LogP contribution in [0.5, 0.6) is 5.75 Å². The van der Waals surface area contributed by atoms with Gasteiger partial charge in [-0.1, -0.05) is 6.42 Å². The van der Waals surface area contributed by atoms with Crippen LogP contribution in [0.3, 0.4) is 0 Å². The SMILES string of the molecule is COc1cc(NC(=O)[C@@H]2CCCCN2)ccc1NC(C)=O.Cl. The molecule has 0 aliphatic carbocycles. The van der Waals surface area contributed by atoms with E-state index in [4.69, 9.17) is 4.74 Å². The van der Waals surface area contributed by atoms with Crippen molar-refractivity contribution in [3.05, 3.63) is 18.2 Å². The Kier molecular flexibility index (Phi) is 7.14. The summed E-state index contributed by atoms with van der Waals surface area (Å²) in [7, 11) is 1.52. The first kappa shape index (κ1) is 18.3. The third-order valence-electron chi connectivity index (χ3n) is 3.41. The number of methoxy groups -OCH3 is 1. The molecule has 122 valence electrons. The number of hydrogen-bond acceptors (Lipinski definition) is 4. The summed E-state index contributed by atoms with van der Waals surface area (Å²) in [6.45, 7) is 2.31. The average molecular weight is 328 g/mol. The minimum absolute atomic E-state index is 0. The Morgan fingerprint density at radius 3 is 2.64 bits per heavy atom. The van der Waals surface area contributed by atoms with Crippen LogP contribution < -0.4 is 20.7 Å². The summed E-state index contributed by atoms with van der Waals surface area (Å²) in [6.07, 6.45) is 3.03. The average Bonchev–Trinajstić information content (AvgIpc) is 2.49. The van der Waals surface area contributed by atoms with Gasteiger partial charge < -0.3 is 20.7 Å². The van der Waals surface area contributed by atoms with Gasteiger partial charge in [0.2, 0.25) is 11.8 Å². The van der Waals surface area contributed by atoms with Gasteiger partial charge in [0.25, 0.3) is 0 Å². The first-order valence-corrected chi connectivity index (χ1v) is 7.10. The van der Waals surface area contributed by atoms with Crippen molar-refractivity contribution >= 4 is 35.6 Å². The smallest absolute Gasteiger partial charge is 0.241 e. The number of ether oxygens (including phenoxy) is 1. The molecule has 0 unspecified atom stereocenters. The second-order valence-corrected chi connectivity index (χ2v) is 5.09. The van der Waals surface area contributed by atoms with E-state index in [1.165, 1.54) is 14.0 Å². The van der Waals surface area contributed by atoms with Gasteiger partial charge in [-0.15, -0.1) is 12.4 Å². The quantitative estimate of drug-likeness (QED) is 0.791. The Hall–Kier alpha value is -1.79. The van der Waals surface area contributed by atoms with Crippen LogP contribution in [0.15, 0.2) is 18.2 Å². The molecule has 1 aromatic rings. The Balaban J connectivity index is 0.00000242. The lowest BCUT2D eigenvalue weighted by molar-refractivity contribution is -0.118. The first-order valence-electron chi connectivity index (χ1n) is 7.10. The van der Waals surface area contributed by atoms with Gasteiger partial charge in [-0.2, -0.15) is 0 Å². The number of piperidine rings is 1. The van der Waals surface area contributed by atoms with E-state index in [1.54, 1.807) is 18.2 Å². The fraction of sp³-hybridized carbons (Fsp3) is 0.467. The third kappa shape index (κ3) is 4.89. The zero-order chi connectivity index (χ0) is 15.2. The molecule has 2 amide bonds. The van der Waals surface area contributed by atoms with Gasteiger partial charge in [0.15, 0.2) is 0 Å². The van der Waals surface area contributed by atoms with Crippen LogP contribution in [0.4, 0.5) is 11.4 Å². The summed E-state index contributed by atoms with van der Waals surface area (Å²) in [5.74, 6) is 0.306. The molecule has 6 nitrogen and oxygen atoms in total. The summed E-state index contributed by atoms with van der Waals surface area (Å²) < 4.78 is 5.23. The van der Waals surface area contributed by atoms with Crippen LogP contribution in [0.2, 0.25) is 0 Å². The Labute approximate surface area is 136 Å². The lowest BCUT2D eigenvalue weighted by atomic mass is 10.0. The van der Waals surface area contributed by atoms with Gasteiger partial charge in [0.05, 0.1) is 18.8 Å². The molecule has 1 fully saturated rings. The molecule has 1 atom stereocenters. The molecule has 3 N–H and O–H groups in total. The monoisotopic (exact) mass is 327 g/mol. The molecule has 1 aromatic carbocycles. The highest BCUT2D eigenvalue weighted by atomic mass is 35.5. The first-order chi connectivity index (χ1) is 10.1. The lowest BCUT2D eigenvalue weighted by Crippen LogP contribution is -2.43. The molecule has 0 aromatic heterocycles. The molecule has 1 saturated heterocycles. The molecule has 0 saturated carbocycles. The van der Waals surface area contributed by atoms with Crippen molar-refractivity contribution in [2.75, 3.05) is 24.3 Å². The lowest BCUT2D eigenvalue weighted by Gasteiger charge is -2.22. The normalized spacial score (nSPS) is 17.1. The number of amides is 2. The van der Waals surface area contributed by atoms with E-state index in [-0.39, 0.29) is 30.3 Å². The van der Waals surface area contributed by atoms with E-state index in [2.05, 4.69) is 16.0 Å². The van der Waals surface area contributed by atoms with E-state index < -0.39 is 0 Å². The van der Waals surface area contributed by atoms with Crippen molar-refractivity contribution in [2.24, 2.45) is 0 Å². The Bertz CT molecular complexity index is 531. The van der Waals surface area contributed by atoms with Crippen molar-refractivity contribution in [1.29, 1.82) is 0 Å². The molecule has 0 spiro atoms. The van der Waals surface area contributed by atoms with E-state index in [0.717, 1.165) is 25.8 Å². The summed E-state index contributed by atoms with van der Waals surface area (Å²) in [5.41, 5.74) is 1.23. The number of anilines is 2. The van der Waals surface area contributed by atoms with Gasteiger partial charge in [-0.25, -0.2) is 0 Å². The number of halogens is 1. The van der Waals surface area contributed by atoms with Gasteiger partial charge in [0.1, 0.15) is 5.75 Å². The van der Waals surface area contributed by atoms with Crippen molar-refractivity contribution in [3.8, 4) is 5.75 Å². The standard InChI is InChI=1S/C15H21N3O3.ClH/c1-10(19)17-12-7-6-11(9-14(12)21-2)18-15(20)13-5-3-4-8-16-13;/h6-7,9,13,16H,3-5,8H2,1-2H3,(H,17,19)(H,18,20);1H/t13-;/m0./s1. The predicted molar refractivity (Wildman–Crippen MR) is 88.8 cm³/mol. The number of hydrogen-bond donors (Lipinski definition) is 3. The minimum Gasteiger partial charge on any atom is -0.494 e. The molecule has 0 radical (unpaired) electrons. The number of carbonyl (C=O) groups is 2.